The van der Waals surface area contributed by atoms with Crippen LogP contribution in [-0.2, 0) is 0 Å². The van der Waals surface area contributed by atoms with Crippen LogP contribution in [0.1, 0.15) is 31.9 Å². The molecule has 0 unspecified atom stereocenters. The van der Waals surface area contributed by atoms with Crippen molar-refractivity contribution in [3.05, 3.63) is 35.6 Å². The first-order valence-corrected chi connectivity index (χ1v) is 6.96. The highest BCUT2D eigenvalue weighted by Crippen LogP contribution is 2.12. The molecule has 0 bridgehead atoms. The van der Waals surface area contributed by atoms with E-state index in [4.69, 9.17) is 0 Å². The fourth-order valence-corrected chi connectivity index (χ4v) is 2.14. The zero-order chi connectivity index (χ0) is 11.8. The van der Waals surface area contributed by atoms with Gasteiger partial charge in [0.1, 0.15) is 5.82 Å². The lowest BCUT2D eigenvalue weighted by Crippen LogP contribution is -2.20. The van der Waals surface area contributed by atoms with Gasteiger partial charge in [0, 0.05) is 6.04 Å². The van der Waals surface area contributed by atoms with Crippen molar-refractivity contribution in [2.45, 2.75) is 26.3 Å². The van der Waals surface area contributed by atoms with E-state index in [2.05, 4.69) is 19.2 Å². The van der Waals surface area contributed by atoms with Crippen LogP contribution in [0.25, 0.3) is 0 Å². The molecule has 1 N–H and O–H groups in total. The van der Waals surface area contributed by atoms with Gasteiger partial charge in [-0.1, -0.05) is 19.1 Å². The van der Waals surface area contributed by atoms with Gasteiger partial charge in [0.15, 0.2) is 0 Å². The minimum atomic E-state index is -0.171. The second-order valence-electron chi connectivity index (χ2n) is 3.78. The molecule has 0 aromatic heterocycles. The Morgan fingerprint density at radius 1 is 1.31 bits per heavy atom. The van der Waals surface area contributed by atoms with Crippen LogP contribution in [0.4, 0.5) is 4.39 Å². The van der Waals surface area contributed by atoms with Gasteiger partial charge in [-0.15, -0.1) is 0 Å². The van der Waals surface area contributed by atoms with Crippen molar-refractivity contribution in [2.24, 2.45) is 0 Å². The quantitative estimate of drug-likeness (QED) is 0.732. The van der Waals surface area contributed by atoms with Crippen molar-refractivity contribution in [3.8, 4) is 0 Å². The van der Waals surface area contributed by atoms with Gasteiger partial charge in [-0.3, -0.25) is 0 Å². The maximum Gasteiger partial charge on any atom is 0.123 e. The lowest BCUT2D eigenvalue weighted by molar-refractivity contribution is 0.569. The van der Waals surface area contributed by atoms with Gasteiger partial charge in [0.25, 0.3) is 0 Å². The number of hydrogen-bond donors (Lipinski definition) is 1. The molecular formula is C13H20FNS. The summed E-state index contributed by atoms with van der Waals surface area (Å²) in [7, 11) is 0. The molecule has 1 aromatic carbocycles. The molecule has 0 aliphatic rings. The summed E-state index contributed by atoms with van der Waals surface area (Å²) in [6.45, 7) is 5.31. The Labute approximate surface area is 102 Å². The lowest BCUT2D eigenvalue weighted by atomic mass is 10.1. The van der Waals surface area contributed by atoms with Crippen molar-refractivity contribution in [2.75, 3.05) is 18.1 Å². The highest BCUT2D eigenvalue weighted by molar-refractivity contribution is 7.99. The molecule has 16 heavy (non-hydrogen) atoms. The number of hydrogen-bond acceptors (Lipinski definition) is 2. The summed E-state index contributed by atoms with van der Waals surface area (Å²) in [4.78, 5) is 0. The summed E-state index contributed by atoms with van der Waals surface area (Å²) in [5, 5.41) is 3.44. The monoisotopic (exact) mass is 241 g/mol. The molecular weight excluding hydrogens is 221 g/mol. The van der Waals surface area contributed by atoms with Gasteiger partial charge in [-0.25, -0.2) is 4.39 Å². The average Bonchev–Trinajstić information content (AvgIpc) is 2.29. The van der Waals surface area contributed by atoms with E-state index >= 15 is 0 Å². The number of thioether (sulfide) groups is 1. The Bertz CT molecular complexity index is 286. The van der Waals surface area contributed by atoms with Crippen LogP contribution in [0.3, 0.4) is 0 Å². The molecule has 90 valence electrons. The predicted molar refractivity (Wildman–Crippen MR) is 70.4 cm³/mol. The number of nitrogens with one attached hydrogen (secondary N) is 1. The Kier molecular flexibility index (Phi) is 6.50. The zero-order valence-electron chi connectivity index (χ0n) is 10.0. The average molecular weight is 241 g/mol. The Balaban J connectivity index is 2.24. The highest BCUT2D eigenvalue weighted by atomic mass is 32.2. The van der Waals surface area contributed by atoms with Crippen LogP contribution in [0.2, 0.25) is 0 Å². The molecule has 0 saturated heterocycles. The topological polar surface area (TPSA) is 12.0 Å². The minimum Gasteiger partial charge on any atom is -0.310 e. The van der Waals surface area contributed by atoms with Crippen LogP contribution < -0.4 is 5.32 Å². The maximum absolute atomic E-state index is 12.7. The number of rotatable bonds is 7. The molecule has 0 amide bonds. The van der Waals surface area contributed by atoms with Gasteiger partial charge in [0.2, 0.25) is 0 Å². The largest absolute Gasteiger partial charge is 0.310 e. The highest BCUT2D eigenvalue weighted by Gasteiger charge is 2.03. The van der Waals surface area contributed by atoms with Gasteiger partial charge >= 0.3 is 0 Å². The van der Waals surface area contributed by atoms with Gasteiger partial charge in [-0.05, 0) is 49.1 Å². The Hall–Kier alpha value is -0.540. The van der Waals surface area contributed by atoms with E-state index in [1.54, 1.807) is 0 Å². The fourth-order valence-electron chi connectivity index (χ4n) is 1.51. The predicted octanol–water partition coefficient (Wildman–Crippen LogP) is 3.62. The van der Waals surface area contributed by atoms with Crippen molar-refractivity contribution in [1.82, 2.24) is 5.32 Å². The van der Waals surface area contributed by atoms with E-state index < -0.39 is 0 Å². The summed E-state index contributed by atoms with van der Waals surface area (Å²) >= 11 is 1.97. The smallest absolute Gasteiger partial charge is 0.123 e. The van der Waals surface area contributed by atoms with Crippen LogP contribution in [-0.4, -0.2) is 18.1 Å². The summed E-state index contributed by atoms with van der Waals surface area (Å²) < 4.78 is 12.7. The molecule has 0 heterocycles. The first-order valence-electron chi connectivity index (χ1n) is 5.80. The van der Waals surface area contributed by atoms with Crippen LogP contribution in [0.15, 0.2) is 24.3 Å². The van der Waals surface area contributed by atoms with Crippen molar-refractivity contribution < 1.29 is 4.39 Å². The van der Waals surface area contributed by atoms with E-state index in [0.717, 1.165) is 12.1 Å². The second-order valence-corrected chi connectivity index (χ2v) is 5.17. The Morgan fingerprint density at radius 2 is 2.00 bits per heavy atom. The molecule has 0 spiro atoms. The first kappa shape index (κ1) is 13.5. The fraction of sp³-hybridized carbons (Fsp3) is 0.538. The van der Waals surface area contributed by atoms with Gasteiger partial charge < -0.3 is 5.32 Å². The number of benzene rings is 1. The van der Waals surface area contributed by atoms with Gasteiger partial charge in [-0.2, -0.15) is 11.8 Å². The van der Waals surface area contributed by atoms with E-state index in [9.17, 15) is 4.39 Å². The van der Waals surface area contributed by atoms with E-state index in [1.165, 1.54) is 30.1 Å². The summed E-state index contributed by atoms with van der Waals surface area (Å²) in [5.41, 5.74) is 1.14. The molecule has 0 fully saturated rings. The third-order valence-corrected chi connectivity index (χ3v) is 3.48. The molecule has 1 nitrogen and oxygen atoms in total. The normalized spacial score (nSPS) is 12.7. The lowest BCUT2D eigenvalue weighted by Gasteiger charge is -2.13. The zero-order valence-corrected chi connectivity index (χ0v) is 10.8. The van der Waals surface area contributed by atoms with Crippen molar-refractivity contribution in [1.29, 1.82) is 0 Å². The molecule has 1 aromatic rings. The molecule has 1 rings (SSSR count). The van der Waals surface area contributed by atoms with Crippen molar-refractivity contribution in [3.63, 3.8) is 0 Å². The standard InChI is InChI=1S/C13H20FNS/c1-3-16-10-4-9-15-11(2)12-5-7-13(14)8-6-12/h5-8,11,15H,3-4,9-10H2,1-2H3/t11-/m1/s1. The molecule has 0 radical (unpaired) electrons. The molecule has 0 aliphatic heterocycles. The molecule has 0 aliphatic carbocycles. The van der Waals surface area contributed by atoms with Crippen LogP contribution in [0.5, 0.6) is 0 Å². The summed E-state index contributed by atoms with van der Waals surface area (Å²) in [6.07, 6.45) is 1.18. The van der Waals surface area contributed by atoms with Crippen LogP contribution in [0, 0.1) is 5.82 Å². The van der Waals surface area contributed by atoms with E-state index in [1.807, 2.05) is 23.9 Å². The SMILES string of the molecule is CCSCCCN[C@H](C)c1ccc(F)cc1. The van der Waals surface area contributed by atoms with Crippen LogP contribution >= 0.6 is 11.8 Å². The van der Waals surface area contributed by atoms with E-state index in [-0.39, 0.29) is 5.82 Å². The molecule has 3 heteroatoms. The maximum atomic E-state index is 12.7. The molecule has 1 atom stereocenters. The Morgan fingerprint density at radius 3 is 2.62 bits per heavy atom. The second kappa shape index (κ2) is 7.69. The van der Waals surface area contributed by atoms with Crippen molar-refractivity contribution >= 4 is 11.8 Å². The molecule has 0 saturated carbocycles. The summed E-state index contributed by atoms with van der Waals surface area (Å²) in [5.74, 6) is 2.22. The first-order chi connectivity index (χ1) is 7.74. The third kappa shape index (κ3) is 4.99. The van der Waals surface area contributed by atoms with E-state index in [0.29, 0.717) is 6.04 Å². The number of halogens is 1. The van der Waals surface area contributed by atoms with Gasteiger partial charge in [0.05, 0.1) is 0 Å². The minimum absolute atomic E-state index is 0.171. The third-order valence-electron chi connectivity index (χ3n) is 2.49. The summed E-state index contributed by atoms with van der Waals surface area (Å²) in [6, 6.07) is 7.01.